The average Bonchev–Trinajstić information content (AvgIpc) is 2.78. The summed E-state index contributed by atoms with van der Waals surface area (Å²) in [7, 11) is 0. The van der Waals surface area contributed by atoms with Crippen molar-refractivity contribution in [3.63, 3.8) is 0 Å². The molecular weight excluding hydrogens is 236 g/mol. The predicted octanol–water partition coefficient (Wildman–Crippen LogP) is 2.53. The Morgan fingerprint density at radius 2 is 1.89 bits per heavy atom. The zero-order valence-corrected chi connectivity index (χ0v) is 11.9. The minimum atomic E-state index is 0.581. The van der Waals surface area contributed by atoms with E-state index in [1.807, 2.05) is 4.68 Å². The van der Waals surface area contributed by atoms with Crippen LogP contribution in [0.1, 0.15) is 30.8 Å². The van der Waals surface area contributed by atoms with Crippen LogP contribution in [-0.4, -0.2) is 14.8 Å². The molecule has 0 saturated carbocycles. The van der Waals surface area contributed by atoms with Crippen LogP contribution in [0.3, 0.4) is 0 Å². The van der Waals surface area contributed by atoms with Gasteiger partial charge in [0.2, 0.25) is 0 Å². The third-order valence-electron chi connectivity index (χ3n) is 2.97. The average molecular weight is 258 g/mol. The molecule has 19 heavy (non-hydrogen) atoms. The molecule has 0 atom stereocenters. The molecule has 1 aromatic carbocycles. The normalized spacial score (nSPS) is 11.2. The number of hydrogen-bond donors (Lipinski definition) is 1. The first kappa shape index (κ1) is 13.7. The van der Waals surface area contributed by atoms with Gasteiger partial charge in [0.05, 0.1) is 6.54 Å². The number of nitrogens with one attached hydrogen (secondary N) is 1. The Bertz CT molecular complexity index is 499. The van der Waals surface area contributed by atoms with E-state index in [-0.39, 0.29) is 0 Å². The molecule has 0 aliphatic carbocycles. The maximum atomic E-state index is 4.30. The second-order valence-corrected chi connectivity index (χ2v) is 5.34. The first-order valence-electron chi connectivity index (χ1n) is 6.78. The lowest BCUT2D eigenvalue weighted by Gasteiger charge is -2.09. The van der Waals surface area contributed by atoms with Crippen molar-refractivity contribution >= 4 is 0 Å². The molecule has 4 nitrogen and oxygen atoms in total. The number of hydrogen-bond acceptors (Lipinski definition) is 3. The quantitative estimate of drug-likeness (QED) is 0.866. The van der Waals surface area contributed by atoms with Crippen LogP contribution in [0.25, 0.3) is 0 Å². The maximum absolute atomic E-state index is 4.30. The molecule has 102 valence electrons. The van der Waals surface area contributed by atoms with Crippen LogP contribution in [0.4, 0.5) is 0 Å². The fraction of sp³-hybridized carbons (Fsp3) is 0.467. The highest BCUT2D eigenvalue weighted by atomic mass is 15.3. The van der Waals surface area contributed by atoms with Crippen molar-refractivity contribution in [2.75, 3.05) is 0 Å². The Morgan fingerprint density at radius 3 is 2.58 bits per heavy atom. The lowest BCUT2D eigenvalue weighted by Crippen LogP contribution is -2.18. The summed E-state index contributed by atoms with van der Waals surface area (Å²) < 4.78 is 1.98. The Hall–Kier alpha value is -1.68. The summed E-state index contributed by atoms with van der Waals surface area (Å²) in [5, 5.41) is 7.67. The van der Waals surface area contributed by atoms with Gasteiger partial charge in [0, 0.05) is 13.1 Å². The van der Waals surface area contributed by atoms with Gasteiger partial charge in [-0.25, -0.2) is 9.67 Å². The van der Waals surface area contributed by atoms with Crippen LogP contribution in [0.15, 0.2) is 30.6 Å². The summed E-state index contributed by atoms with van der Waals surface area (Å²) in [5.41, 5.74) is 2.58. The smallest absolute Gasteiger partial charge is 0.140 e. The summed E-state index contributed by atoms with van der Waals surface area (Å²) in [5.74, 6) is 1.58. The first-order chi connectivity index (χ1) is 9.15. The van der Waals surface area contributed by atoms with Crippen LogP contribution >= 0.6 is 0 Å². The number of rotatable bonds is 6. The predicted molar refractivity (Wildman–Crippen MR) is 76.6 cm³/mol. The van der Waals surface area contributed by atoms with E-state index >= 15 is 0 Å². The fourth-order valence-corrected chi connectivity index (χ4v) is 1.95. The van der Waals surface area contributed by atoms with Crippen molar-refractivity contribution in [2.24, 2.45) is 5.92 Å². The van der Waals surface area contributed by atoms with Crippen LogP contribution in [0.5, 0.6) is 0 Å². The van der Waals surface area contributed by atoms with Crippen molar-refractivity contribution in [2.45, 2.75) is 40.4 Å². The lowest BCUT2D eigenvalue weighted by atomic mass is 10.1. The van der Waals surface area contributed by atoms with E-state index in [4.69, 9.17) is 0 Å². The molecule has 0 aliphatic heterocycles. The molecule has 0 unspecified atom stereocenters. The molecule has 0 radical (unpaired) electrons. The molecule has 0 saturated heterocycles. The molecule has 0 aliphatic rings. The van der Waals surface area contributed by atoms with E-state index < -0.39 is 0 Å². The summed E-state index contributed by atoms with van der Waals surface area (Å²) in [6.45, 7) is 9.00. The fourth-order valence-electron chi connectivity index (χ4n) is 1.95. The van der Waals surface area contributed by atoms with Gasteiger partial charge in [0.1, 0.15) is 12.2 Å². The van der Waals surface area contributed by atoms with Crippen molar-refractivity contribution < 1.29 is 0 Å². The molecule has 2 aromatic rings. The van der Waals surface area contributed by atoms with E-state index in [1.54, 1.807) is 6.33 Å². The van der Waals surface area contributed by atoms with Crippen molar-refractivity contribution in [1.82, 2.24) is 20.1 Å². The summed E-state index contributed by atoms with van der Waals surface area (Å²) in [6, 6.07) is 8.58. The number of aryl methyl sites for hydroxylation is 1. The van der Waals surface area contributed by atoms with E-state index in [1.165, 1.54) is 11.1 Å². The van der Waals surface area contributed by atoms with E-state index in [2.05, 4.69) is 60.4 Å². The van der Waals surface area contributed by atoms with E-state index in [9.17, 15) is 0 Å². The second kappa shape index (κ2) is 6.48. The van der Waals surface area contributed by atoms with Gasteiger partial charge in [-0.05, 0) is 18.4 Å². The molecule has 0 spiro atoms. The minimum Gasteiger partial charge on any atom is -0.306 e. The first-order valence-corrected chi connectivity index (χ1v) is 6.78. The van der Waals surface area contributed by atoms with Gasteiger partial charge in [-0.1, -0.05) is 43.7 Å². The Morgan fingerprint density at radius 1 is 1.16 bits per heavy atom. The van der Waals surface area contributed by atoms with Gasteiger partial charge in [-0.2, -0.15) is 5.10 Å². The van der Waals surface area contributed by atoms with E-state index in [0.29, 0.717) is 5.92 Å². The highest BCUT2D eigenvalue weighted by Gasteiger charge is 2.05. The lowest BCUT2D eigenvalue weighted by molar-refractivity contribution is 0.457. The molecule has 1 N–H and O–H groups in total. The topological polar surface area (TPSA) is 42.7 Å². The van der Waals surface area contributed by atoms with Gasteiger partial charge in [-0.3, -0.25) is 0 Å². The van der Waals surface area contributed by atoms with E-state index in [0.717, 1.165) is 25.5 Å². The third-order valence-corrected chi connectivity index (χ3v) is 2.97. The van der Waals surface area contributed by atoms with Crippen LogP contribution < -0.4 is 5.32 Å². The molecule has 1 heterocycles. The summed E-state index contributed by atoms with van der Waals surface area (Å²) >= 11 is 0. The number of benzene rings is 1. The Balaban J connectivity index is 1.85. The van der Waals surface area contributed by atoms with Gasteiger partial charge in [0.15, 0.2) is 0 Å². The van der Waals surface area contributed by atoms with Crippen LogP contribution in [0, 0.1) is 12.8 Å². The van der Waals surface area contributed by atoms with Crippen molar-refractivity contribution in [3.8, 4) is 0 Å². The molecule has 0 bridgehead atoms. The minimum absolute atomic E-state index is 0.581. The summed E-state index contributed by atoms with van der Waals surface area (Å²) in [6.07, 6.45) is 1.63. The summed E-state index contributed by atoms with van der Waals surface area (Å²) in [4.78, 5) is 4.30. The van der Waals surface area contributed by atoms with Crippen LogP contribution in [0.2, 0.25) is 0 Å². The highest BCUT2D eigenvalue weighted by Crippen LogP contribution is 2.04. The molecule has 0 amide bonds. The molecule has 2 rings (SSSR count). The largest absolute Gasteiger partial charge is 0.306 e. The second-order valence-electron chi connectivity index (χ2n) is 5.34. The van der Waals surface area contributed by atoms with Gasteiger partial charge in [0.25, 0.3) is 0 Å². The van der Waals surface area contributed by atoms with Crippen molar-refractivity contribution in [1.29, 1.82) is 0 Å². The van der Waals surface area contributed by atoms with Crippen LogP contribution in [-0.2, 0) is 19.6 Å². The standard InChI is InChI=1S/C15H22N4/c1-12(2)10-19-15(17-11-18-19)9-16-8-14-6-4-13(3)5-7-14/h4-7,11-12,16H,8-10H2,1-3H3. The zero-order chi connectivity index (χ0) is 13.7. The van der Waals surface area contributed by atoms with Gasteiger partial charge >= 0.3 is 0 Å². The van der Waals surface area contributed by atoms with Crippen molar-refractivity contribution in [3.05, 3.63) is 47.5 Å². The Labute approximate surface area is 114 Å². The van der Waals surface area contributed by atoms with Gasteiger partial charge < -0.3 is 5.32 Å². The highest BCUT2D eigenvalue weighted by molar-refractivity contribution is 5.21. The molecule has 1 aromatic heterocycles. The molecule has 4 heteroatoms. The Kier molecular flexibility index (Phi) is 4.68. The zero-order valence-electron chi connectivity index (χ0n) is 11.9. The van der Waals surface area contributed by atoms with Gasteiger partial charge in [-0.15, -0.1) is 0 Å². The maximum Gasteiger partial charge on any atom is 0.140 e. The monoisotopic (exact) mass is 258 g/mol. The third kappa shape index (κ3) is 4.17. The molecular formula is C15H22N4. The number of nitrogens with zero attached hydrogens (tertiary/aromatic N) is 3. The number of aromatic nitrogens is 3. The SMILES string of the molecule is Cc1ccc(CNCc2ncnn2CC(C)C)cc1. The molecule has 0 fully saturated rings.